The number of para-hydroxylation sites is 1. The van der Waals surface area contributed by atoms with Gasteiger partial charge in [0.15, 0.2) is 0 Å². The fraction of sp³-hybridized carbons (Fsp3) is 0.429. The van der Waals surface area contributed by atoms with Gasteiger partial charge in [-0.15, -0.1) is 0 Å². The maximum Gasteiger partial charge on any atom is 0.0483 e. The molecule has 2 nitrogen and oxygen atoms in total. The fourth-order valence-corrected chi connectivity index (χ4v) is 2.21. The Labute approximate surface area is 97.3 Å². The van der Waals surface area contributed by atoms with Crippen LogP contribution in [0.2, 0.25) is 0 Å². The van der Waals surface area contributed by atoms with Gasteiger partial charge in [-0.2, -0.15) is 0 Å². The quantitative estimate of drug-likeness (QED) is 0.777. The van der Waals surface area contributed by atoms with E-state index >= 15 is 0 Å². The van der Waals surface area contributed by atoms with Crippen molar-refractivity contribution in [3.8, 4) is 0 Å². The highest BCUT2D eigenvalue weighted by atomic mass is 15.0. The SMILES string of the molecule is CCCNCc1c(C)n(C)c2ccccc12. The van der Waals surface area contributed by atoms with Crippen LogP contribution in [0.4, 0.5) is 0 Å². The molecule has 0 fully saturated rings. The zero-order valence-electron chi connectivity index (χ0n) is 10.4. The predicted octanol–water partition coefficient (Wildman–Crippen LogP) is 2.99. The molecule has 0 aliphatic rings. The Morgan fingerprint density at radius 2 is 2.00 bits per heavy atom. The molecule has 0 radical (unpaired) electrons. The molecule has 2 rings (SSSR count). The Bertz CT molecular complexity index is 483. The monoisotopic (exact) mass is 216 g/mol. The average molecular weight is 216 g/mol. The van der Waals surface area contributed by atoms with E-state index in [1.165, 1.54) is 28.6 Å². The van der Waals surface area contributed by atoms with E-state index in [0.29, 0.717) is 0 Å². The second-order valence-corrected chi connectivity index (χ2v) is 4.32. The fourth-order valence-electron chi connectivity index (χ4n) is 2.21. The minimum atomic E-state index is 0.973. The van der Waals surface area contributed by atoms with Crippen molar-refractivity contribution in [2.24, 2.45) is 7.05 Å². The molecule has 86 valence electrons. The van der Waals surface area contributed by atoms with Gasteiger partial charge in [-0.1, -0.05) is 25.1 Å². The first-order chi connectivity index (χ1) is 7.75. The molecular formula is C14H20N2. The lowest BCUT2D eigenvalue weighted by molar-refractivity contribution is 0.673. The topological polar surface area (TPSA) is 17.0 Å². The molecular weight excluding hydrogens is 196 g/mol. The Hall–Kier alpha value is -1.28. The van der Waals surface area contributed by atoms with Crippen LogP contribution in [0.1, 0.15) is 24.6 Å². The summed E-state index contributed by atoms with van der Waals surface area (Å²) in [6.45, 7) is 6.45. The summed E-state index contributed by atoms with van der Waals surface area (Å²) in [5, 5.41) is 4.86. The number of fused-ring (bicyclic) bond motifs is 1. The molecule has 0 bridgehead atoms. The molecule has 1 aromatic heterocycles. The molecule has 1 aromatic carbocycles. The number of aryl methyl sites for hydroxylation is 1. The number of nitrogens with one attached hydrogen (secondary N) is 1. The van der Waals surface area contributed by atoms with Gasteiger partial charge in [0.25, 0.3) is 0 Å². The van der Waals surface area contributed by atoms with Crippen LogP contribution < -0.4 is 5.32 Å². The van der Waals surface area contributed by atoms with Gasteiger partial charge in [0, 0.05) is 30.2 Å². The molecule has 2 heteroatoms. The van der Waals surface area contributed by atoms with Crippen LogP contribution in [0.25, 0.3) is 10.9 Å². The number of aromatic nitrogens is 1. The number of hydrogen-bond donors (Lipinski definition) is 1. The van der Waals surface area contributed by atoms with Crippen LogP contribution in [-0.4, -0.2) is 11.1 Å². The Morgan fingerprint density at radius 1 is 1.25 bits per heavy atom. The highest BCUT2D eigenvalue weighted by molar-refractivity contribution is 5.85. The van der Waals surface area contributed by atoms with Crippen LogP contribution in [0.15, 0.2) is 24.3 Å². The molecule has 0 aliphatic heterocycles. The second-order valence-electron chi connectivity index (χ2n) is 4.32. The number of rotatable bonds is 4. The van der Waals surface area contributed by atoms with Crippen LogP contribution in [0, 0.1) is 6.92 Å². The first kappa shape index (κ1) is 11.2. The van der Waals surface area contributed by atoms with Crippen LogP contribution >= 0.6 is 0 Å². The third-order valence-electron chi connectivity index (χ3n) is 3.26. The summed E-state index contributed by atoms with van der Waals surface area (Å²) in [5.74, 6) is 0. The molecule has 1 N–H and O–H groups in total. The lowest BCUT2D eigenvalue weighted by Gasteiger charge is -2.04. The molecule has 16 heavy (non-hydrogen) atoms. The summed E-state index contributed by atoms with van der Waals surface area (Å²) >= 11 is 0. The maximum atomic E-state index is 3.48. The van der Waals surface area contributed by atoms with Crippen molar-refractivity contribution in [2.45, 2.75) is 26.8 Å². The van der Waals surface area contributed by atoms with Crippen LogP contribution in [0.5, 0.6) is 0 Å². The van der Waals surface area contributed by atoms with E-state index in [1.54, 1.807) is 0 Å². The van der Waals surface area contributed by atoms with Crippen LogP contribution in [-0.2, 0) is 13.6 Å². The molecule has 0 amide bonds. The number of hydrogen-bond acceptors (Lipinski definition) is 1. The number of nitrogens with zero attached hydrogens (tertiary/aromatic N) is 1. The summed E-state index contributed by atoms with van der Waals surface area (Å²) in [5.41, 5.74) is 4.13. The van der Waals surface area contributed by atoms with E-state index in [-0.39, 0.29) is 0 Å². The van der Waals surface area contributed by atoms with E-state index in [1.807, 2.05) is 0 Å². The molecule has 0 saturated carbocycles. The maximum absolute atomic E-state index is 3.48. The Balaban J connectivity index is 2.39. The first-order valence-corrected chi connectivity index (χ1v) is 5.99. The third-order valence-corrected chi connectivity index (χ3v) is 3.26. The van der Waals surface area contributed by atoms with E-state index in [9.17, 15) is 0 Å². The standard InChI is InChI=1S/C14H20N2/c1-4-9-15-10-13-11(2)16(3)14-8-6-5-7-12(13)14/h5-8,15H,4,9-10H2,1-3H3. The lowest BCUT2D eigenvalue weighted by atomic mass is 10.1. The van der Waals surface area contributed by atoms with Crippen molar-refractivity contribution >= 4 is 10.9 Å². The van der Waals surface area contributed by atoms with E-state index < -0.39 is 0 Å². The highest BCUT2D eigenvalue weighted by Gasteiger charge is 2.09. The van der Waals surface area contributed by atoms with Crippen molar-refractivity contribution in [2.75, 3.05) is 6.54 Å². The molecule has 0 atom stereocenters. The van der Waals surface area contributed by atoms with Crippen molar-refractivity contribution in [1.29, 1.82) is 0 Å². The smallest absolute Gasteiger partial charge is 0.0483 e. The van der Waals surface area contributed by atoms with Gasteiger partial charge in [-0.3, -0.25) is 0 Å². The van der Waals surface area contributed by atoms with Gasteiger partial charge in [-0.05, 0) is 31.5 Å². The summed E-state index contributed by atoms with van der Waals surface area (Å²) in [4.78, 5) is 0. The van der Waals surface area contributed by atoms with Crippen molar-refractivity contribution < 1.29 is 0 Å². The van der Waals surface area contributed by atoms with Gasteiger partial charge in [0.05, 0.1) is 0 Å². The molecule has 2 aromatic rings. The van der Waals surface area contributed by atoms with E-state index in [2.05, 4.69) is 55.0 Å². The predicted molar refractivity (Wildman–Crippen MR) is 69.7 cm³/mol. The summed E-state index contributed by atoms with van der Waals surface area (Å²) < 4.78 is 2.28. The summed E-state index contributed by atoms with van der Waals surface area (Å²) in [6.07, 6.45) is 1.18. The van der Waals surface area contributed by atoms with Crippen molar-refractivity contribution in [1.82, 2.24) is 9.88 Å². The van der Waals surface area contributed by atoms with Gasteiger partial charge in [0.2, 0.25) is 0 Å². The van der Waals surface area contributed by atoms with Gasteiger partial charge in [-0.25, -0.2) is 0 Å². The van der Waals surface area contributed by atoms with Gasteiger partial charge < -0.3 is 9.88 Å². The van der Waals surface area contributed by atoms with E-state index in [0.717, 1.165) is 13.1 Å². The molecule has 1 heterocycles. The average Bonchev–Trinajstić information content (AvgIpc) is 2.55. The molecule has 0 aliphatic carbocycles. The molecule has 0 spiro atoms. The minimum Gasteiger partial charge on any atom is -0.348 e. The zero-order chi connectivity index (χ0) is 11.5. The summed E-state index contributed by atoms with van der Waals surface area (Å²) in [6, 6.07) is 8.62. The van der Waals surface area contributed by atoms with Gasteiger partial charge in [0.1, 0.15) is 0 Å². The van der Waals surface area contributed by atoms with Crippen LogP contribution in [0.3, 0.4) is 0 Å². The number of benzene rings is 1. The van der Waals surface area contributed by atoms with Crippen molar-refractivity contribution in [3.63, 3.8) is 0 Å². The van der Waals surface area contributed by atoms with Crippen molar-refractivity contribution in [3.05, 3.63) is 35.5 Å². The molecule has 0 saturated heterocycles. The lowest BCUT2D eigenvalue weighted by Crippen LogP contribution is -2.14. The Kier molecular flexibility index (Phi) is 3.30. The summed E-state index contributed by atoms with van der Waals surface area (Å²) in [7, 11) is 2.14. The largest absolute Gasteiger partial charge is 0.348 e. The normalized spacial score (nSPS) is 11.2. The van der Waals surface area contributed by atoms with E-state index in [4.69, 9.17) is 0 Å². The first-order valence-electron chi connectivity index (χ1n) is 5.99. The zero-order valence-corrected chi connectivity index (χ0v) is 10.4. The minimum absolute atomic E-state index is 0.973. The molecule has 0 unspecified atom stereocenters. The Morgan fingerprint density at radius 3 is 2.75 bits per heavy atom. The highest BCUT2D eigenvalue weighted by Crippen LogP contribution is 2.24. The third kappa shape index (κ3) is 1.85. The second kappa shape index (κ2) is 4.71. The van der Waals surface area contributed by atoms with Gasteiger partial charge >= 0.3 is 0 Å².